The molecule has 1 aliphatic heterocycles. The first-order valence-electron chi connectivity index (χ1n) is 10.8. The number of ether oxygens (including phenoxy) is 3. The molecule has 5 atom stereocenters. The van der Waals surface area contributed by atoms with Crippen molar-refractivity contribution in [2.75, 3.05) is 13.2 Å². The minimum absolute atomic E-state index is 0.128. The Balaban J connectivity index is 2.00. The summed E-state index contributed by atoms with van der Waals surface area (Å²) in [4.78, 5) is 23.7. The van der Waals surface area contributed by atoms with Crippen molar-refractivity contribution in [2.24, 2.45) is 11.8 Å². The highest BCUT2D eigenvalue weighted by molar-refractivity contribution is 5.84. The second kappa shape index (κ2) is 12.3. The fraction of sp³-hybridized carbons (Fsp3) is 0.818. The Morgan fingerprint density at radius 1 is 1.36 bits per heavy atom. The van der Waals surface area contributed by atoms with Gasteiger partial charge >= 0.3 is 5.97 Å². The van der Waals surface area contributed by atoms with Crippen LogP contribution in [-0.4, -0.2) is 48.6 Å². The number of esters is 1. The number of aliphatic hydroxyl groups is 1. The van der Waals surface area contributed by atoms with Crippen molar-refractivity contribution < 1.29 is 28.9 Å². The Morgan fingerprint density at radius 3 is 2.86 bits per heavy atom. The number of ketones is 1. The van der Waals surface area contributed by atoms with Crippen LogP contribution >= 0.6 is 0 Å². The molecule has 0 aromatic carbocycles. The van der Waals surface area contributed by atoms with E-state index in [1.54, 1.807) is 6.08 Å². The van der Waals surface area contributed by atoms with Crippen molar-refractivity contribution in [1.82, 2.24) is 0 Å². The minimum atomic E-state index is -0.511. The lowest BCUT2D eigenvalue weighted by Crippen LogP contribution is -2.31. The number of hydrogen-bond acceptors (Lipinski definition) is 6. The van der Waals surface area contributed by atoms with Gasteiger partial charge in [-0.1, -0.05) is 38.3 Å². The van der Waals surface area contributed by atoms with E-state index in [0.717, 1.165) is 44.9 Å². The third-order valence-electron chi connectivity index (χ3n) is 5.57. The van der Waals surface area contributed by atoms with Gasteiger partial charge in [0.05, 0.1) is 18.8 Å². The van der Waals surface area contributed by atoms with E-state index in [1.807, 2.05) is 6.08 Å². The summed E-state index contributed by atoms with van der Waals surface area (Å²) < 4.78 is 16.9. The lowest BCUT2D eigenvalue weighted by molar-refractivity contribution is -0.192. The molecule has 1 aliphatic carbocycles. The van der Waals surface area contributed by atoms with Crippen molar-refractivity contribution in [1.29, 1.82) is 0 Å². The molecule has 160 valence electrons. The van der Waals surface area contributed by atoms with Crippen LogP contribution in [0.15, 0.2) is 12.2 Å². The molecule has 1 saturated heterocycles. The molecule has 0 amide bonds. The van der Waals surface area contributed by atoms with E-state index in [0.29, 0.717) is 19.4 Å². The summed E-state index contributed by atoms with van der Waals surface area (Å²) in [6.07, 6.45) is 10.4. The molecule has 6 heteroatoms. The average molecular weight is 397 g/mol. The van der Waals surface area contributed by atoms with Gasteiger partial charge in [-0.05, 0) is 32.1 Å². The average Bonchev–Trinajstić information content (AvgIpc) is 2.95. The Labute approximate surface area is 168 Å². The maximum absolute atomic E-state index is 12.6. The first-order chi connectivity index (χ1) is 13.5. The van der Waals surface area contributed by atoms with Gasteiger partial charge in [0.2, 0.25) is 0 Å². The van der Waals surface area contributed by atoms with Crippen LogP contribution in [0.3, 0.4) is 0 Å². The van der Waals surface area contributed by atoms with Crippen LogP contribution in [0.1, 0.15) is 71.6 Å². The van der Waals surface area contributed by atoms with E-state index in [9.17, 15) is 14.7 Å². The van der Waals surface area contributed by atoms with Crippen LogP contribution in [0.5, 0.6) is 0 Å². The molecule has 0 spiro atoms. The van der Waals surface area contributed by atoms with E-state index < -0.39 is 6.10 Å². The van der Waals surface area contributed by atoms with Crippen LogP contribution < -0.4 is 0 Å². The van der Waals surface area contributed by atoms with Crippen molar-refractivity contribution in [3.8, 4) is 0 Å². The van der Waals surface area contributed by atoms with E-state index in [-0.39, 0.29) is 42.6 Å². The molecule has 0 aromatic heterocycles. The number of carbonyl (C=O) groups excluding carboxylic acids is 2. The van der Waals surface area contributed by atoms with Gasteiger partial charge in [-0.15, -0.1) is 0 Å². The third kappa shape index (κ3) is 7.64. The molecule has 1 heterocycles. The molecular weight excluding hydrogens is 360 g/mol. The van der Waals surface area contributed by atoms with Gasteiger partial charge in [0.15, 0.2) is 6.29 Å². The number of unbranched alkanes of at least 4 members (excludes halogenated alkanes) is 2. The predicted molar refractivity (Wildman–Crippen MR) is 106 cm³/mol. The Bertz CT molecular complexity index is 511. The first-order valence-corrected chi connectivity index (χ1v) is 10.8. The van der Waals surface area contributed by atoms with Gasteiger partial charge in [0.25, 0.3) is 0 Å². The molecule has 2 rings (SSSR count). The van der Waals surface area contributed by atoms with Crippen LogP contribution in [-0.2, 0) is 23.8 Å². The zero-order valence-electron chi connectivity index (χ0n) is 17.3. The summed E-state index contributed by atoms with van der Waals surface area (Å²) >= 11 is 0. The quantitative estimate of drug-likeness (QED) is 0.327. The smallest absolute Gasteiger partial charge is 0.302 e. The van der Waals surface area contributed by atoms with Crippen LogP contribution in [0.2, 0.25) is 0 Å². The van der Waals surface area contributed by atoms with Crippen molar-refractivity contribution in [3.63, 3.8) is 0 Å². The maximum atomic E-state index is 12.6. The van der Waals surface area contributed by atoms with E-state index in [1.165, 1.54) is 6.92 Å². The summed E-state index contributed by atoms with van der Waals surface area (Å²) in [7, 11) is 0. The highest BCUT2D eigenvalue weighted by Gasteiger charge is 2.42. The molecule has 0 bridgehead atoms. The fourth-order valence-electron chi connectivity index (χ4n) is 4.01. The molecule has 2 fully saturated rings. The highest BCUT2D eigenvalue weighted by Crippen LogP contribution is 2.36. The summed E-state index contributed by atoms with van der Waals surface area (Å²) in [5.41, 5.74) is 0. The van der Waals surface area contributed by atoms with Crippen LogP contribution in [0, 0.1) is 11.8 Å². The largest absolute Gasteiger partial charge is 0.466 e. The van der Waals surface area contributed by atoms with Gasteiger partial charge in [-0.2, -0.15) is 0 Å². The van der Waals surface area contributed by atoms with Gasteiger partial charge in [0.1, 0.15) is 5.78 Å². The maximum Gasteiger partial charge on any atom is 0.302 e. The van der Waals surface area contributed by atoms with Gasteiger partial charge in [-0.25, -0.2) is 0 Å². The van der Waals surface area contributed by atoms with Gasteiger partial charge in [-0.3, -0.25) is 9.59 Å². The lowest BCUT2D eigenvalue weighted by Gasteiger charge is -2.28. The topological polar surface area (TPSA) is 82.1 Å². The van der Waals surface area contributed by atoms with Crippen molar-refractivity contribution >= 4 is 11.8 Å². The van der Waals surface area contributed by atoms with Crippen molar-refractivity contribution in [2.45, 2.75) is 90.1 Å². The molecule has 0 aromatic rings. The number of rotatable bonds is 11. The van der Waals surface area contributed by atoms with Gasteiger partial charge < -0.3 is 19.3 Å². The first kappa shape index (κ1) is 23.0. The second-order valence-corrected chi connectivity index (χ2v) is 7.90. The van der Waals surface area contributed by atoms with E-state index in [4.69, 9.17) is 14.2 Å². The lowest BCUT2D eigenvalue weighted by atomic mass is 9.90. The third-order valence-corrected chi connectivity index (χ3v) is 5.57. The molecule has 28 heavy (non-hydrogen) atoms. The molecule has 1 unspecified atom stereocenters. The Morgan fingerprint density at radius 2 is 2.18 bits per heavy atom. The Hall–Kier alpha value is -1.24. The highest BCUT2D eigenvalue weighted by atomic mass is 16.7. The van der Waals surface area contributed by atoms with Crippen molar-refractivity contribution in [3.05, 3.63) is 12.2 Å². The number of hydrogen-bond donors (Lipinski definition) is 1. The molecule has 1 saturated carbocycles. The predicted octanol–water partition coefficient (Wildman–Crippen LogP) is 3.55. The number of carbonyl (C=O) groups is 2. The minimum Gasteiger partial charge on any atom is -0.466 e. The van der Waals surface area contributed by atoms with E-state index >= 15 is 0 Å². The zero-order chi connectivity index (χ0) is 20.4. The zero-order valence-corrected chi connectivity index (χ0v) is 17.3. The summed E-state index contributed by atoms with van der Waals surface area (Å²) in [5.74, 6) is -0.600. The van der Waals surface area contributed by atoms with Crippen LogP contribution in [0.4, 0.5) is 0 Å². The summed E-state index contributed by atoms with van der Waals surface area (Å²) in [6, 6.07) is 0. The molecule has 6 nitrogen and oxygen atoms in total. The number of aliphatic hydroxyl groups excluding tert-OH is 1. The van der Waals surface area contributed by atoms with Crippen LogP contribution in [0.25, 0.3) is 0 Å². The molecule has 2 aliphatic rings. The summed E-state index contributed by atoms with van der Waals surface area (Å²) in [6.45, 7) is 4.42. The molecule has 0 radical (unpaired) electrons. The number of Topliss-reactive ketones (excluding diaryl/α,β-unsaturated/α-hetero) is 1. The summed E-state index contributed by atoms with van der Waals surface area (Å²) in [5, 5.41) is 10.2. The Kier molecular flexibility index (Phi) is 10.2. The molecular formula is C22H36O6. The SMILES string of the molecule is CCCCC[C@@H](O)C=C[C@@H]1[C@@H](OC2CCCCO2)CC(=O)[C@H]1CCOC(C)=O. The van der Waals surface area contributed by atoms with E-state index in [2.05, 4.69) is 6.92 Å². The molecule has 1 N–H and O–H groups in total. The fourth-order valence-corrected chi connectivity index (χ4v) is 4.01. The van der Waals surface area contributed by atoms with Gasteiger partial charge in [0, 0.05) is 31.8 Å². The normalized spacial score (nSPS) is 29.3. The standard InChI is InChI=1S/C22H36O6/c1-3-4-5-8-17(24)10-11-19-18(12-14-26-16(2)23)20(25)15-21(19)28-22-9-6-7-13-27-22/h10-11,17-19,21-22,24H,3-9,12-15H2,1-2H3/t17-,18+,19+,21+,22?/m1/s1. The second-order valence-electron chi connectivity index (χ2n) is 7.90. The monoisotopic (exact) mass is 396 g/mol.